The van der Waals surface area contributed by atoms with Crippen LogP contribution >= 0.6 is 0 Å². The van der Waals surface area contributed by atoms with Crippen LogP contribution in [0.2, 0.25) is 0 Å². The van der Waals surface area contributed by atoms with Crippen molar-refractivity contribution < 1.29 is 35.9 Å². The highest BCUT2D eigenvalue weighted by atomic mass is 32.2. The first-order valence-corrected chi connectivity index (χ1v) is 14.2. The molecular weight excluding hydrogens is 549 g/mol. The van der Waals surface area contributed by atoms with Crippen molar-refractivity contribution in [2.24, 2.45) is 4.99 Å². The molecule has 1 N–H and O–H groups in total. The Bertz CT molecular complexity index is 1460. The minimum atomic E-state index is -4.66. The number of carbonyl (C=O) groups is 2. The lowest BCUT2D eigenvalue weighted by molar-refractivity contribution is -0.138. The highest BCUT2D eigenvalue weighted by Gasteiger charge is 2.47. The van der Waals surface area contributed by atoms with Gasteiger partial charge in [-0.2, -0.15) is 13.2 Å². The second kappa shape index (κ2) is 10.8. The zero-order valence-electron chi connectivity index (χ0n) is 22.6. The lowest BCUT2D eigenvalue weighted by Crippen LogP contribution is -2.50. The first-order chi connectivity index (χ1) is 18.7. The van der Waals surface area contributed by atoms with Crippen LogP contribution in [0, 0.1) is 6.92 Å². The van der Waals surface area contributed by atoms with Gasteiger partial charge in [0.2, 0.25) is 10.0 Å². The summed E-state index contributed by atoms with van der Waals surface area (Å²) in [7, 11) is 0.797. The van der Waals surface area contributed by atoms with E-state index in [4.69, 9.17) is 4.74 Å². The highest BCUT2D eigenvalue weighted by molar-refractivity contribution is 7.89. The van der Waals surface area contributed by atoms with Crippen molar-refractivity contribution in [3.8, 4) is 5.75 Å². The standard InChI is InChI=1S/C27H31F3N4O5S/c1-17-15-20(24(35)33(2)3)6-5-18(17)9-14-40(37,38)34-12-10-26(11-13-34)25(36)31-23(32-26)19-7-8-22(39-4)21(16-19)27(28,29)30/h5-8,15-16H,9-14H2,1-4H3,(H,31,32,36). The van der Waals surface area contributed by atoms with Crippen LogP contribution in [0.25, 0.3) is 0 Å². The molecule has 2 aliphatic heterocycles. The third-order valence-electron chi connectivity index (χ3n) is 7.33. The summed E-state index contributed by atoms with van der Waals surface area (Å²) in [5.74, 6) is -1.08. The number of amides is 2. The Morgan fingerprint density at radius 2 is 1.82 bits per heavy atom. The Kier molecular flexibility index (Phi) is 8.01. The molecule has 0 atom stereocenters. The zero-order chi connectivity index (χ0) is 29.5. The molecule has 1 fully saturated rings. The minimum absolute atomic E-state index is 0.0149. The van der Waals surface area contributed by atoms with Crippen molar-refractivity contribution in [3.63, 3.8) is 0 Å². The maximum absolute atomic E-state index is 13.5. The van der Waals surface area contributed by atoms with Gasteiger partial charge in [-0.15, -0.1) is 0 Å². The Hall–Kier alpha value is -3.45. The summed E-state index contributed by atoms with van der Waals surface area (Å²) in [5.41, 5.74) is 0.00848. The number of benzene rings is 2. The lowest BCUT2D eigenvalue weighted by atomic mass is 9.89. The quantitative estimate of drug-likeness (QED) is 0.542. The molecule has 4 rings (SSSR count). The van der Waals surface area contributed by atoms with Crippen LogP contribution in [0.3, 0.4) is 0 Å². The molecule has 2 aromatic rings. The van der Waals surface area contributed by atoms with Crippen molar-refractivity contribution in [3.05, 3.63) is 64.2 Å². The van der Waals surface area contributed by atoms with E-state index in [2.05, 4.69) is 10.3 Å². The molecule has 0 radical (unpaired) electrons. The Morgan fingerprint density at radius 3 is 2.40 bits per heavy atom. The molecule has 2 aliphatic rings. The molecule has 13 heteroatoms. The van der Waals surface area contributed by atoms with Crippen LogP contribution in [0.4, 0.5) is 13.2 Å². The van der Waals surface area contributed by atoms with Crippen molar-refractivity contribution in [2.45, 2.75) is 37.9 Å². The summed E-state index contributed by atoms with van der Waals surface area (Å²) in [6.45, 7) is 1.93. The summed E-state index contributed by atoms with van der Waals surface area (Å²) < 4.78 is 72.8. The summed E-state index contributed by atoms with van der Waals surface area (Å²) in [6.07, 6.45) is -4.20. The molecule has 2 heterocycles. The van der Waals surface area contributed by atoms with Gasteiger partial charge in [-0.05, 0) is 67.6 Å². The number of methoxy groups -OCH3 is 1. The monoisotopic (exact) mass is 580 g/mol. The molecule has 0 aromatic heterocycles. The van der Waals surface area contributed by atoms with E-state index in [1.807, 2.05) is 6.92 Å². The smallest absolute Gasteiger partial charge is 0.419 e. The van der Waals surface area contributed by atoms with Crippen LogP contribution in [-0.2, 0) is 27.4 Å². The molecule has 1 saturated heterocycles. The van der Waals surface area contributed by atoms with E-state index >= 15 is 0 Å². The topological polar surface area (TPSA) is 108 Å². The molecule has 216 valence electrons. The van der Waals surface area contributed by atoms with Crippen LogP contribution in [0.1, 0.15) is 45.5 Å². The second-order valence-electron chi connectivity index (χ2n) is 10.2. The number of sulfonamides is 1. The molecule has 40 heavy (non-hydrogen) atoms. The SMILES string of the molecule is COc1ccc(C2=NC3(CCN(S(=O)(=O)CCc4ccc(C(=O)N(C)C)cc4C)CC3)C(=O)N2)cc1C(F)(F)F. The number of aliphatic imine (C=N–C) groups is 1. The number of piperidine rings is 1. The van der Waals surface area contributed by atoms with Crippen molar-refractivity contribution in [1.82, 2.24) is 14.5 Å². The van der Waals surface area contributed by atoms with Gasteiger partial charge in [0.1, 0.15) is 17.1 Å². The van der Waals surface area contributed by atoms with Gasteiger partial charge in [0.05, 0.1) is 18.4 Å². The third kappa shape index (κ3) is 5.85. The summed E-state index contributed by atoms with van der Waals surface area (Å²) >= 11 is 0. The summed E-state index contributed by atoms with van der Waals surface area (Å²) in [4.78, 5) is 31.0. The van der Waals surface area contributed by atoms with Crippen LogP contribution < -0.4 is 10.1 Å². The fourth-order valence-corrected chi connectivity index (χ4v) is 6.41. The number of carbonyl (C=O) groups excluding carboxylic acids is 2. The predicted octanol–water partition coefficient (Wildman–Crippen LogP) is 3.01. The maximum atomic E-state index is 13.5. The summed E-state index contributed by atoms with van der Waals surface area (Å²) in [6, 6.07) is 8.61. The number of nitrogens with zero attached hydrogens (tertiary/aromatic N) is 3. The largest absolute Gasteiger partial charge is 0.496 e. The van der Waals surface area contributed by atoms with Crippen LogP contribution in [0.5, 0.6) is 5.75 Å². The predicted molar refractivity (Wildman–Crippen MR) is 143 cm³/mol. The Balaban J connectivity index is 1.44. The van der Waals surface area contributed by atoms with E-state index in [0.717, 1.165) is 24.3 Å². The van der Waals surface area contributed by atoms with Crippen LogP contribution in [0.15, 0.2) is 41.4 Å². The molecule has 0 aliphatic carbocycles. The fraction of sp³-hybridized carbons (Fsp3) is 0.444. The van der Waals surface area contributed by atoms with E-state index in [1.54, 1.807) is 32.3 Å². The number of rotatable bonds is 7. The van der Waals surface area contributed by atoms with E-state index in [0.29, 0.717) is 5.56 Å². The average molecular weight is 581 g/mol. The molecule has 0 unspecified atom stereocenters. The molecule has 2 aromatic carbocycles. The van der Waals surface area contributed by atoms with Crippen molar-refractivity contribution in [2.75, 3.05) is 40.0 Å². The number of ether oxygens (including phenoxy) is 1. The maximum Gasteiger partial charge on any atom is 0.419 e. The number of nitrogens with one attached hydrogen (secondary N) is 1. The fourth-order valence-electron chi connectivity index (χ4n) is 4.94. The van der Waals surface area contributed by atoms with Gasteiger partial charge in [0.25, 0.3) is 11.8 Å². The molecular formula is C27H31F3N4O5S. The van der Waals surface area contributed by atoms with Gasteiger partial charge in [-0.1, -0.05) is 6.07 Å². The molecule has 9 nitrogen and oxygen atoms in total. The van der Waals surface area contributed by atoms with Gasteiger partial charge < -0.3 is 15.0 Å². The van der Waals surface area contributed by atoms with Gasteiger partial charge in [0, 0.05) is 38.3 Å². The number of aryl methyl sites for hydroxylation is 2. The zero-order valence-corrected chi connectivity index (χ0v) is 23.4. The number of hydrogen-bond acceptors (Lipinski definition) is 6. The van der Waals surface area contributed by atoms with Crippen molar-refractivity contribution in [1.29, 1.82) is 0 Å². The van der Waals surface area contributed by atoms with E-state index in [9.17, 15) is 31.2 Å². The van der Waals surface area contributed by atoms with Gasteiger partial charge >= 0.3 is 6.18 Å². The van der Waals surface area contributed by atoms with Gasteiger partial charge in [-0.25, -0.2) is 12.7 Å². The summed E-state index contributed by atoms with van der Waals surface area (Å²) in [5, 5.41) is 2.58. The number of halogens is 3. The molecule has 1 spiro atoms. The normalized spacial score (nSPS) is 17.5. The van der Waals surface area contributed by atoms with E-state index in [-0.39, 0.29) is 61.2 Å². The average Bonchev–Trinajstić information content (AvgIpc) is 3.21. The molecule has 0 bridgehead atoms. The first-order valence-electron chi connectivity index (χ1n) is 12.6. The number of alkyl halides is 3. The number of hydrogen-bond donors (Lipinski definition) is 1. The minimum Gasteiger partial charge on any atom is -0.496 e. The molecule has 0 saturated carbocycles. The Labute approximate surface area is 231 Å². The highest BCUT2D eigenvalue weighted by Crippen LogP contribution is 2.38. The van der Waals surface area contributed by atoms with E-state index in [1.165, 1.54) is 21.3 Å². The third-order valence-corrected chi connectivity index (χ3v) is 9.20. The van der Waals surface area contributed by atoms with Gasteiger partial charge in [0.15, 0.2) is 0 Å². The lowest BCUT2D eigenvalue weighted by Gasteiger charge is -2.34. The second-order valence-corrected chi connectivity index (χ2v) is 12.3. The van der Waals surface area contributed by atoms with E-state index < -0.39 is 33.2 Å². The van der Waals surface area contributed by atoms with Crippen molar-refractivity contribution >= 4 is 27.7 Å². The van der Waals surface area contributed by atoms with Gasteiger partial charge in [-0.3, -0.25) is 14.6 Å². The molecule has 2 amide bonds. The number of amidine groups is 1. The first kappa shape index (κ1) is 29.5. The Morgan fingerprint density at radius 1 is 1.15 bits per heavy atom. The van der Waals surface area contributed by atoms with Crippen LogP contribution in [-0.4, -0.2) is 80.9 Å².